The fourth-order valence-corrected chi connectivity index (χ4v) is 2.89. The summed E-state index contributed by atoms with van der Waals surface area (Å²) >= 11 is 1.73. The number of aromatic nitrogens is 1. The van der Waals surface area contributed by atoms with Crippen LogP contribution in [0, 0.1) is 0 Å². The van der Waals surface area contributed by atoms with Gasteiger partial charge in [-0.15, -0.1) is 11.8 Å². The highest BCUT2D eigenvalue weighted by atomic mass is 32.2. The van der Waals surface area contributed by atoms with E-state index in [2.05, 4.69) is 22.9 Å². The van der Waals surface area contributed by atoms with Gasteiger partial charge >= 0.3 is 5.97 Å². The Hall–Kier alpha value is -1.42. The molecule has 0 saturated heterocycles. The van der Waals surface area contributed by atoms with Crippen molar-refractivity contribution in [3.63, 3.8) is 0 Å². The van der Waals surface area contributed by atoms with Crippen LogP contribution in [0.3, 0.4) is 0 Å². The number of aliphatic carboxylic acids is 1. The summed E-state index contributed by atoms with van der Waals surface area (Å²) in [5, 5.41) is 9.82. The van der Waals surface area contributed by atoms with E-state index in [0.29, 0.717) is 6.42 Å². The maximum atomic E-state index is 10.4. The van der Waals surface area contributed by atoms with Gasteiger partial charge in [-0.05, 0) is 18.2 Å². The molecule has 2 rings (SSSR count). The van der Waals surface area contributed by atoms with Crippen molar-refractivity contribution in [3.8, 4) is 0 Å². The summed E-state index contributed by atoms with van der Waals surface area (Å²) in [7, 11) is 2.03. The van der Waals surface area contributed by atoms with E-state index >= 15 is 0 Å². The van der Waals surface area contributed by atoms with Gasteiger partial charge in [0.2, 0.25) is 0 Å². The van der Waals surface area contributed by atoms with Gasteiger partial charge in [0.05, 0.1) is 0 Å². The van der Waals surface area contributed by atoms with Crippen LogP contribution in [-0.2, 0) is 11.8 Å². The van der Waals surface area contributed by atoms with Gasteiger partial charge in [-0.2, -0.15) is 0 Å². The highest BCUT2D eigenvalue weighted by Gasteiger charge is 2.06. The summed E-state index contributed by atoms with van der Waals surface area (Å²) < 4.78 is 2.11. The fourth-order valence-electron chi connectivity index (χ4n) is 1.83. The van der Waals surface area contributed by atoms with Gasteiger partial charge in [-0.25, -0.2) is 0 Å². The third-order valence-electron chi connectivity index (χ3n) is 2.65. The predicted molar refractivity (Wildman–Crippen MR) is 70.5 cm³/mol. The van der Waals surface area contributed by atoms with Gasteiger partial charge < -0.3 is 9.67 Å². The molecule has 1 aromatic carbocycles. The molecule has 0 aliphatic heterocycles. The number of hydrogen-bond acceptors (Lipinski definition) is 2. The molecule has 3 nitrogen and oxygen atoms in total. The van der Waals surface area contributed by atoms with Crippen molar-refractivity contribution in [2.75, 3.05) is 5.75 Å². The molecule has 1 aromatic heterocycles. The third-order valence-corrected chi connectivity index (χ3v) is 3.78. The maximum absolute atomic E-state index is 10.4. The smallest absolute Gasteiger partial charge is 0.303 e. The van der Waals surface area contributed by atoms with E-state index in [1.54, 1.807) is 11.8 Å². The molecule has 1 N–H and O–H groups in total. The van der Waals surface area contributed by atoms with E-state index in [4.69, 9.17) is 5.11 Å². The van der Waals surface area contributed by atoms with Crippen LogP contribution in [0.2, 0.25) is 0 Å². The second-order valence-electron chi connectivity index (χ2n) is 3.97. The maximum Gasteiger partial charge on any atom is 0.303 e. The van der Waals surface area contributed by atoms with Crippen LogP contribution < -0.4 is 0 Å². The quantitative estimate of drug-likeness (QED) is 0.654. The molecule has 0 unspecified atom stereocenters. The van der Waals surface area contributed by atoms with E-state index in [0.717, 1.165) is 5.75 Å². The van der Waals surface area contributed by atoms with Crippen molar-refractivity contribution in [1.29, 1.82) is 0 Å². The summed E-state index contributed by atoms with van der Waals surface area (Å²) in [4.78, 5) is 11.6. The highest BCUT2D eigenvalue weighted by molar-refractivity contribution is 7.99. The Morgan fingerprint density at radius 3 is 2.94 bits per heavy atom. The summed E-state index contributed by atoms with van der Waals surface area (Å²) in [6.07, 6.45) is 3.07. The third kappa shape index (κ3) is 2.82. The molecule has 0 amide bonds. The lowest BCUT2D eigenvalue weighted by Gasteiger charge is -1.98. The molecule has 0 aliphatic rings. The zero-order valence-corrected chi connectivity index (χ0v) is 10.5. The first kappa shape index (κ1) is 12.0. The number of carboxylic acid groups (broad SMARTS) is 1. The minimum atomic E-state index is -0.719. The summed E-state index contributed by atoms with van der Waals surface area (Å²) in [5.74, 6) is 0.129. The molecule has 1 heterocycles. The second-order valence-corrected chi connectivity index (χ2v) is 5.10. The van der Waals surface area contributed by atoms with Crippen LogP contribution in [-0.4, -0.2) is 21.4 Å². The first-order valence-corrected chi connectivity index (χ1v) is 6.55. The van der Waals surface area contributed by atoms with Gasteiger partial charge in [0, 0.05) is 35.5 Å². The lowest BCUT2D eigenvalue weighted by molar-refractivity contribution is -0.137. The van der Waals surface area contributed by atoms with Crippen molar-refractivity contribution in [1.82, 2.24) is 4.57 Å². The van der Waals surface area contributed by atoms with E-state index in [1.165, 1.54) is 15.8 Å². The Bertz CT molecular complexity index is 533. The topological polar surface area (TPSA) is 42.2 Å². The first-order chi connectivity index (χ1) is 8.18. The molecule has 0 atom stereocenters. The highest BCUT2D eigenvalue weighted by Crippen LogP contribution is 2.29. The standard InChI is InChI=1S/C13H15NO2S/c1-14-9-12(17-8-4-7-13(15)16)10-5-2-3-6-11(10)14/h2-3,5-6,9H,4,7-8H2,1H3,(H,15,16). The number of nitrogens with zero attached hydrogens (tertiary/aromatic N) is 1. The number of carboxylic acids is 1. The first-order valence-electron chi connectivity index (χ1n) is 5.57. The minimum Gasteiger partial charge on any atom is -0.481 e. The zero-order chi connectivity index (χ0) is 12.3. The van der Waals surface area contributed by atoms with Crippen LogP contribution in [0.15, 0.2) is 35.4 Å². The van der Waals surface area contributed by atoms with E-state index in [1.807, 2.05) is 19.2 Å². The minimum absolute atomic E-state index is 0.248. The molecule has 0 fully saturated rings. The molecule has 0 bridgehead atoms. The van der Waals surface area contributed by atoms with Crippen LogP contribution in [0.5, 0.6) is 0 Å². The number of para-hydroxylation sites is 1. The van der Waals surface area contributed by atoms with Crippen molar-refractivity contribution in [2.45, 2.75) is 17.7 Å². The van der Waals surface area contributed by atoms with Crippen molar-refractivity contribution < 1.29 is 9.90 Å². The number of hydrogen-bond donors (Lipinski definition) is 1. The summed E-state index contributed by atoms with van der Waals surface area (Å²) in [5.41, 5.74) is 1.22. The summed E-state index contributed by atoms with van der Waals surface area (Å²) in [6, 6.07) is 8.26. The molecule has 17 heavy (non-hydrogen) atoms. The Labute approximate surface area is 104 Å². The largest absolute Gasteiger partial charge is 0.481 e. The number of aryl methyl sites for hydroxylation is 1. The van der Waals surface area contributed by atoms with Crippen LogP contribution in [0.1, 0.15) is 12.8 Å². The monoisotopic (exact) mass is 249 g/mol. The number of benzene rings is 1. The van der Waals surface area contributed by atoms with Crippen LogP contribution >= 0.6 is 11.8 Å². The second kappa shape index (κ2) is 5.27. The molecule has 2 aromatic rings. The lowest BCUT2D eigenvalue weighted by Crippen LogP contribution is -1.94. The SMILES string of the molecule is Cn1cc(SCCCC(=O)O)c2ccccc21. The molecule has 0 saturated carbocycles. The number of carbonyl (C=O) groups is 1. The Morgan fingerprint density at radius 2 is 2.18 bits per heavy atom. The Morgan fingerprint density at radius 1 is 1.41 bits per heavy atom. The van der Waals surface area contributed by atoms with E-state index in [9.17, 15) is 4.79 Å². The number of rotatable bonds is 5. The predicted octanol–water partition coefficient (Wildman–Crippen LogP) is 3.14. The molecule has 0 radical (unpaired) electrons. The molecular formula is C13H15NO2S. The van der Waals surface area contributed by atoms with Gasteiger partial charge in [-0.3, -0.25) is 4.79 Å². The average molecular weight is 249 g/mol. The number of thioether (sulfide) groups is 1. The van der Waals surface area contributed by atoms with Crippen LogP contribution in [0.4, 0.5) is 0 Å². The zero-order valence-electron chi connectivity index (χ0n) is 9.72. The molecular weight excluding hydrogens is 234 g/mol. The number of fused-ring (bicyclic) bond motifs is 1. The Kier molecular flexibility index (Phi) is 3.74. The van der Waals surface area contributed by atoms with Crippen molar-refractivity contribution in [2.24, 2.45) is 7.05 Å². The Balaban J connectivity index is 2.06. The van der Waals surface area contributed by atoms with Crippen molar-refractivity contribution in [3.05, 3.63) is 30.5 Å². The van der Waals surface area contributed by atoms with E-state index in [-0.39, 0.29) is 6.42 Å². The molecule has 4 heteroatoms. The van der Waals surface area contributed by atoms with Gasteiger partial charge in [0.15, 0.2) is 0 Å². The molecule has 0 spiro atoms. The summed E-state index contributed by atoms with van der Waals surface area (Å²) in [6.45, 7) is 0. The molecule has 0 aliphatic carbocycles. The van der Waals surface area contributed by atoms with Crippen molar-refractivity contribution >= 4 is 28.6 Å². The lowest BCUT2D eigenvalue weighted by atomic mass is 10.2. The average Bonchev–Trinajstić information content (AvgIpc) is 2.63. The van der Waals surface area contributed by atoms with Gasteiger partial charge in [-0.1, -0.05) is 18.2 Å². The molecule has 90 valence electrons. The normalized spacial score (nSPS) is 10.9. The van der Waals surface area contributed by atoms with Gasteiger partial charge in [0.25, 0.3) is 0 Å². The van der Waals surface area contributed by atoms with E-state index < -0.39 is 5.97 Å². The fraction of sp³-hybridized carbons (Fsp3) is 0.308. The van der Waals surface area contributed by atoms with Gasteiger partial charge in [0.1, 0.15) is 0 Å². The van der Waals surface area contributed by atoms with Crippen LogP contribution in [0.25, 0.3) is 10.9 Å².